The second-order valence-electron chi connectivity index (χ2n) is 3.52. The fourth-order valence-electron chi connectivity index (χ4n) is 1.29. The predicted molar refractivity (Wildman–Crippen MR) is 65.4 cm³/mol. The van der Waals surface area contributed by atoms with E-state index in [4.69, 9.17) is 5.73 Å². The largest absolute Gasteiger partial charge is 0.399 e. The first kappa shape index (κ1) is 13.6. The van der Waals surface area contributed by atoms with Crippen LogP contribution in [0.3, 0.4) is 0 Å². The third-order valence-corrected chi connectivity index (χ3v) is 3.83. The lowest BCUT2D eigenvalue weighted by Gasteiger charge is -2.11. The Kier molecular flexibility index (Phi) is 4.62. The summed E-state index contributed by atoms with van der Waals surface area (Å²) in [6.07, 6.45) is 0. The third-order valence-electron chi connectivity index (χ3n) is 2.21. The molecule has 1 aromatic rings. The van der Waals surface area contributed by atoms with Crippen molar-refractivity contribution >= 4 is 22.4 Å². The maximum Gasteiger partial charge on any atom is 0.235 e. The zero-order valence-electron chi connectivity index (χ0n) is 9.70. The van der Waals surface area contributed by atoms with Crippen LogP contribution in [0.5, 0.6) is 0 Å². The molecule has 0 bridgehead atoms. The second-order valence-corrected chi connectivity index (χ2v) is 5.27. The minimum absolute atomic E-state index is 0.00190. The van der Waals surface area contributed by atoms with E-state index in [9.17, 15) is 13.4 Å². The van der Waals surface area contributed by atoms with Crippen LogP contribution in [0.4, 0.5) is 10.1 Å². The van der Waals surface area contributed by atoms with Crippen LogP contribution in [0.15, 0.2) is 23.1 Å². The van der Waals surface area contributed by atoms with Crippen molar-refractivity contribution in [3.8, 4) is 0 Å². The monoisotopic (exact) mass is 258 g/mol. The number of halogens is 1. The molecule has 0 heterocycles. The lowest BCUT2D eigenvalue weighted by molar-refractivity contribution is -0.120. The van der Waals surface area contributed by atoms with E-state index >= 15 is 0 Å². The Labute approximate surface area is 102 Å². The molecule has 2 unspecified atom stereocenters. The highest BCUT2D eigenvalue weighted by Crippen LogP contribution is 2.18. The number of benzene rings is 1. The first-order chi connectivity index (χ1) is 7.97. The van der Waals surface area contributed by atoms with Gasteiger partial charge in [0, 0.05) is 12.2 Å². The quantitative estimate of drug-likeness (QED) is 0.793. The summed E-state index contributed by atoms with van der Waals surface area (Å²) in [7, 11) is -1.72. The number of carbonyl (C=O) groups is 1. The Morgan fingerprint density at radius 1 is 1.59 bits per heavy atom. The first-order valence-corrected chi connectivity index (χ1v) is 6.42. The standard InChI is InChI=1S/C11H15FN2O2S/c1-3-14-11(15)7(2)17(16)10-5-4-8(13)6-9(10)12/h4-7H,3,13H2,1-2H3,(H,14,15). The normalized spacial score (nSPS) is 14.1. The zero-order valence-corrected chi connectivity index (χ0v) is 10.5. The van der Waals surface area contributed by atoms with Gasteiger partial charge in [0.25, 0.3) is 0 Å². The van der Waals surface area contributed by atoms with Gasteiger partial charge in [-0.15, -0.1) is 0 Å². The second kappa shape index (κ2) is 5.77. The number of nitrogens with two attached hydrogens (primary N) is 1. The van der Waals surface area contributed by atoms with Crippen molar-refractivity contribution in [3.05, 3.63) is 24.0 Å². The number of hydrogen-bond acceptors (Lipinski definition) is 3. The fourth-order valence-corrected chi connectivity index (χ4v) is 2.40. The highest BCUT2D eigenvalue weighted by atomic mass is 32.2. The number of hydrogen-bond donors (Lipinski definition) is 2. The molecule has 17 heavy (non-hydrogen) atoms. The minimum Gasteiger partial charge on any atom is -0.399 e. The van der Waals surface area contributed by atoms with E-state index in [0.717, 1.165) is 6.07 Å². The maximum absolute atomic E-state index is 13.5. The lowest BCUT2D eigenvalue weighted by Crippen LogP contribution is -2.35. The van der Waals surface area contributed by atoms with Gasteiger partial charge in [0.15, 0.2) is 0 Å². The number of amides is 1. The van der Waals surface area contributed by atoms with E-state index in [2.05, 4.69) is 5.32 Å². The van der Waals surface area contributed by atoms with Crippen molar-refractivity contribution in [2.24, 2.45) is 0 Å². The molecule has 3 N–H and O–H groups in total. The molecule has 0 saturated carbocycles. The number of carbonyl (C=O) groups excluding carboxylic acids is 1. The van der Waals surface area contributed by atoms with Gasteiger partial charge in [-0.3, -0.25) is 9.00 Å². The Morgan fingerprint density at radius 2 is 2.24 bits per heavy atom. The molecule has 6 heteroatoms. The Balaban J connectivity index is 2.92. The lowest BCUT2D eigenvalue weighted by atomic mass is 10.3. The van der Waals surface area contributed by atoms with E-state index in [-0.39, 0.29) is 16.5 Å². The molecule has 0 aromatic heterocycles. The highest BCUT2D eigenvalue weighted by molar-refractivity contribution is 7.86. The molecule has 0 radical (unpaired) electrons. The van der Waals surface area contributed by atoms with Gasteiger partial charge in [0.05, 0.1) is 15.7 Å². The Bertz CT molecular complexity index is 451. The average molecular weight is 258 g/mol. The van der Waals surface area contributed by atoms with Crippen LogP contribution in [-0.2, 0) is 15.6 Å². The van der Waals surface area contributed by atoms with Crippen LogP contribution in [0.2, 0.25) is 0 Å². The van der Waals surface area contributed by atoms with Crippen LogP contribution in [0, 0.1) is 5.82 Å². The van der Waals surface area contributed by atoms with Crippen molar-refractivity contribution in [3.63, 3.8) is 0 Å². The summed E-state index contributed by atoms with van der Waals surface area (Å²) in [4.78, 5) is 11.5. The zero-order chi connectivity index (χ0) is 13.0. The first-order valence-electron chi connectivity index (χ1n) is 5.20. The highest BCUT2D eigenvalue weighted by Gasteiger charge is 2.23. The van der Waals surface area contributed by atoms with E-state index in [0.29, 0.717) is 6.54 Å². The summed E-state index contributed by atoms with van der Waals surface area (Å²) in [6, 6.07) is 3.90. The van der Waals surface area contributed by atoms with E-state index in [1.165, 1.54) is 19.1 Å². The molecular weight excluding hydrogens is 243 g/mol. The van der Waals surface area contributed by atoms with Gasteiger partial charge >= 0.3 is 0 Å². The predicted octanol–water partition coefficient (Wildman–Crippen LogP) is 1.04. The van der Waals surface area contributed by atoms with Crippen molar-refractivity contribution in [2.45, 2.75) is 24.0 Å². The van der Waals surface area contributed by atoms with Gasteiger partial charge < -0.3 is 11.1 Å². The van der Waals surface area contributed by atoms with Crippen molar-refractivity contribution < 1.29 is 13.4 Å². The average Bonchev–Trinajstić information content (AvgIpc) is 2.27. The molecule has 0 aliphatic rings. The Hall–Kier alpha value is -1.43. The minimum atomic E-state index is -1.72. The van der Waals surface area contributed by atoms with Crippen molar-refractivity contribution in [1.82, 2.24) is 5.32 Å². The summed E-state index contributed by atoms with van der Waals surface area (Å²) in [6.45, 7) is 3.71. The molecule has 1 rings (SSSR count). The van der Waals surface area contributed by atoms with Crippen molar-refractivity contribution in [1.29, 1.82) is 0 Å². The molecular formula is C11H15FN2O2S. The van der Waals surface area contributed by atoms with Gasteiger partial charge in [0.2, 0.25) is 5.91 Å². The fraction of sp³-hybridized carbons (Fsp3) is 0.364. The van der Waals surface area contributed by atoms with Gasteiger partial charge in [-0.05, 0) is 32.0 Å². The van der Waals surface area contributed by atoms with Gasteiger partial charge in [-0.25, -0.2) is 4.39 Å². The van der Waals surface area contributed by atoms with Gasteiger partial charge in [0.1, 0.15) is 11.1 Å². The van der Waals surface area contributed by atoms with E-state index in [1.807, 2.05) is 0 Å². The molecule has 0 fully saturated rings. The molecule has 4 nitrogen and oxygen atoms in total. The molecule has 1 amide bonds. The van der Waals surface area contributed by atoms with Crippen LogP contribution >= 0.6 is 0 Å². The van der Waals surface area contributed by atoms with E-state index in [1.54, 1.807) is 6.92 Å². The summed E-state index contributed by atoms with van der Waals surface area (Å²) in [5.41, 5.74) is 5.65. The van der Waals surface area contributed by atoms with Gasteiger partial charge in [-0.1, -0.05) is 0 Å². The number of nitrogen functional groups attached to an aromatic ring is 1. The summed E-state index contributed by atoms with van der Waals surface area (Å²) >= 11 is 0. The number of nitrogens with one attached hydrogen (secondary N) is 1. The van der Waals surface area contributed by atoms with Crippen molar-refractivity contribution in [2.75, 3.05) is 12.3 Å². The molecule has 0 spiro atoms. The molecule has 94 valence electrons. The maximum atomic E-state index is 13.5. The van der Waals surface area contributed by atoms with Crippen LogP contribution in [-0.4, -0.2) is 21.9 Å². The third kappa shape index (κ3) is 3.26. The molecule has 0 aliphatic carbocycles. The van der Waals surface area contributed by atoms with Crippen LogP contribution in [0.1, 0.15) is 13.8 Å². The number of rotatable bonds is 4. The summed E-state index contributed by atoms with van der Waals surface area (Å²) in [5, 5.41) is 1.75. The SMILES string of the molecule is CCNC(=O)C(C)S(=O)c1ccc(N)cc1F. The molecule has 0 saturated heterocycles. The molecule has 2 atom stereocenters. The van der Waals surface area contributed by atoms with Gasteiger partial charge in [-0.2, -0.15) is 0 Å². The number of anilines is 1. The molecule has 0 aliphatic heterocycles. The van der Waals surface area contributed by atoms with Crippen LogP contribution < -0.4 is 11.1 Å². The van der Waals surface area contributed by atoms with Crippen LogP contribution in [0.25, 0.3) is 0 Å². The van der Waals surface area contributed by atoms with E-state index < -0.39 is 21.9 Å². The topological polar surface area (TPSA) is 72.2 Å². The summed E-state index contributed by atoms with van der Waals surface area (Å²) in [5.74, 6) is -1.01. The Morgan fingerprint density at radius 3 is 2.76 bits per heavy atom. The summed E-state index contributed by atoms with van der Waals surface area (Å²) < 4.78 is 25.5. The smallest absolute Gasteiger partial charge is 0.235 e. The molecule has 1 aromatic carbocycles.